The first-order valence-corrected chi connectivity index (χ1v) is 20.4. The van der Waals surface area contributed by atoms with Crippen LogP contribution in [-0.4, -0.2) is 24.1 Å². The molecule has 3 heterocycles. The molecule has 0 aliphatic heterocycles. The van der Waals surface area contributed by atoms with Gasteiger partial charge < -0.3 is 4.57 Å². The van der Waals surface area contributed by atoms with Gasteiger partial charge in [-0.25, -0.2) is 4.98 Å². The van der Waals surface area contributed by atoms with E-state index in [1.54, 1.807) is 0 Å². The maximum atomic E-state index is 5.39. The van der Waals surface area contributed by atoms with Crippen LogP contribution in [0.2, 0.25) is 0 Å². The van der Waals surface area contributed by atoms with Crippen molar-refractivity contribution in [1.29, 1.82) is 0 Å². The Hall–Kier alpha value is -8.15. The van der Waals surface area contributed by atoms with Gasteiger partial charge in [0.05, 0.1) is 22.1 Å². The zero-order valence-corrected chi connectivity index (χ0v) is 32.3. The van der Waals surface area contributed by atoms with Gasteiger partial charge in [-0.1, -0.05) is 170 Å². The van der Waals surface area contributed by atoms with Crippen molar-refractivity contribution in [1.82, 2.24) is 24.1 Å². The summed E-state index contributed by atoms with van der Waals surface area (Å²) in [4.78, 5) is 15.9. The highest BCUT2D eigenvalue weighted by Gasteiger charge is 2.26. The minimum Gasteiger partial charge on any atom is -0.309 e. The number of nitrogens with zero attached hydrogens (tertiary/aromatic N) is 5. The fourth-order valence-corrected chi connectivity index (χ4v) is 9.79. The predicted octanol–water partition coefficient (Wildman–Crippen LogP) is 14.0. The highest BCUT2D eigenvalue weighted by atomic mass is 15.2. The third-order valence-corrected chi connectivity index (χ3v) is 12.3. The van der Waals surface area contributed by atoms with E-state index < -0.39 is 0 Å². The molecule has 13 rings (SSSR count). The van der Waals surface area contributed by atoms with Crippen LogP contribution in [0.1, 0.15) is 0 Å². The Morgan fingerprint density at radius 1 is 0.300 bits per heavy atom. The molecular weight excluding hydrogens is 731 g/mol. The summed E-state index contributed by atoms with van der Waals surface area (Å²) in [6, 6.07) is 71.3. The molecule has 0 radical (unpaired) electrons. The molecular formula is C55H33N5. The molecule has 10 aromatic carbocycles. The Kier molecular flexibility index (Phi) is 6.95. The molecule has 5 heteroatoms. The average Bonchev–Trinajstić information content (AvgIpc) is 3.86. The maximum Gasteiger partial charge on any atom is 0.238 e. The summed E-state index contributed by atoms with van der Waals surface area (Å²) in [7, 11) is 0. The monoisotopic (exact) mass is 763 g/mol. The summed E-state index contributed by atoms with van der Waals surface area (Å²) >= 11 is 0. The number of hydrogen-bond acceptors (Lipinski definition) is 3. The third-order valence-electron chi connectivity index (χ3n) is 12.3. The molecule has 0 unspecified atom stereocenters. The lowest BCUT2D eigenvalue weighted by atomic mass is 9.89. The number of fused-ring (bicyclic) bond motifs is 16. The second-order valence-corrected chi connectivity index (χ2v) is 15.5. The highest BCUT2D eigenvalue weighted by Crippen LogP contribution is 2.50. The Morgan fingerprint density at radius 3 is 1.40 bits per heavy atom. The topological polar surface area (TPSA) is 48.5 Å². The van der Waals surface area contributed by atoms with Gasteiger partial charge in [-0.3, -0.25) is 4.57 Å². The molecule has 0 fully saturated rings. The normalized spacial score (nSPS) is 12.0. The molecule has 60 heavy (non-hydrogen) atoms. The molecule has 0 amide bonds. The average molecular weight is 764 g/mol. The van der Waals surface area contributed by atoms with Crippen LogP contribution in [0.4, 0.5) is 0 Å². The van der Waals surface area contributed by atoms with Gasteiger partial charge in [0, 0.05) is 59.9 Å². The van der Waals surface area contributed by atoms with E-state index in [1.807, 2.05) is 18.2 Å². The molecule has 13 aromatic rings. The first-order chi connectivity index (χ1) is 29.8. The Morgan fingerprint density at radius 2 is 0.767 bits per heavy atom. The van der Waals surface area contributed by atoms with E-state index in [1.165, 1.54) is 59.5 Å². The molecule has 5 nitrogen and oxygen atoms in total. The van der Waals surface area contributed by atoms with Gasteiger partial charge in [-0.15, -0.1) is 0 Å². The zero-order valence-electron chi connectivity index (χ0n) is 32.3. The van der Waals surface area contributed by atoms with Gasteiger partial charge in [-0.2, -0.15) is 9.97 Å². The second-order valence-electron chi connectivity index (χ2n) is 15.5. The summed E-state index contributed by atoms with van der Waals surface area (Å²) in [6.45, 7) is 0. The summed E-state index contributed by atoms with van der Waals surface area (Å²) in [5.74, 6) is 1.83. The largest absolute Gasteiger partial charge is 0.309 e. The fraction of sp³-hybridized carbons (Fsp3) is 0. The summed E-state index contributed by atoms with van der Waals surface area (Å²) in [6.07, 6.45) is 0. The second kappa shape index (κ2) is 12.7. The molecule has 0 aliphatic carbocycles. The van der Waals surface area contributed by atoms with Crippen LogP contribution >= 0.6 is 0 Å². The molecule has 0 spiro atoms. The fourth-order valence-electron chi connectivity index (χ4n) is 9.79. The lowest BCUT2D eigenvalue weighted by molar-refractivity contribution is 0.955. The lowest BCUT2D eigenvalue weighted by Crippen LogP contribution is -2.06. The van der Waals surface area contributed by atoms with Crippen LogP contribution in [0.5, 0.6) is 0 Å². The standard InChI is InChI=1S/C55H33N5/c1-3-18-35(19-4-1)53-56-54(37-32-31-34-17-7-8-20-36(34)33-37)58-55(57-53)60-46-30-16-14-28-44(46)50-48-39-23-9-11-25-41(39)51-49(47(48)40-24-10-12-26-42(40)52(50)60)43-27-13-15-29-45(43)59(51)38-21-5-2-6-22-38/h1-33H. The molecule has 0 N–H and O–H groups in total. The minimum atomic E-state index is 0.578. The van der Waals surface area contributed by atoms with Gasteiger partial charge in [-0.05, 0) is 51.9 Å². The summed E-state index contributed by atoms with van der Waals surface area (Å²) < 4.78 is 4.75. The zero-order chi connectivity index (χ0) is 39.3. The Bertz CT molecular complexity index is 3880. The minimum absolute atomic E-state index is 0.578. The number of hydrogen-bond donors (Lipinski definition) is 0. The molecule has 0 saturated carbocycles. The van der Waals surface area contributed by atoms with Crippen molar-refractivity contribution in [2.24, 2.45) is 0 Å². The number of para-hydroxylation sites is 3. The first-order valence-electron chi connectivity index (χ1n) is 20.4. The van der Waals surface area contributed by atoms with E-state index in [4.69, 9.17) is 15.0 Å². The molecule has 278 valence electrons. The third kappa shape index (κ3) is 4.66. The Balaban J connectivity index is 1.24. The molecule has 0 aliphatic rings. The van der Waals surface area contributed by atoms with Crippen LogP contribution in [0.15, 0.2) is 200 Å². The van der Waals surface area contributed by atoms with Crippen molar-refractivity contribution >= 4 is 86.7 Å². The van der Waals surface area contributed by atoms with Gasteiger partial charge in [0.15, 0.2) is 11.6 Å². The van der Waals surface area contributed by atoms with Crippen LogP contribution in [-0.2, 0) is 0 Å². The van der Waals surface area contributed by atoms with Crippen molar-refractivity contribution < 1.29 is 0 Å². The smallest absolute Gasteiger partial charge is 0.238 e. The maximum absolute atomic E-state index is 5.39. The number of aromatic nitrogens is 5. The Labute approximate surface area is 344 Å². The van der Waals surface area contributed by atoms with E-state index >= 15 is 0 Å². The van der Waals surface area contributed by atoms with E-state index in [0.29, 0.717) is 17.6 Å². The summed E-state index contributed by atoms with van der Waals surface area (Å²) in [5.41, 5.74) is 7.52. The number of rotatable bonds is 4. The van der Waals surface area contributed by atoms with Crippen LogP contribution in [0.3, 0.4) is 0 Å². The van der Waals surface area contributed by atoms with Crippen molar-refractivity contribution in [2.45, 2.75) is 0 Å². The van der Waals surface area contributed by atoms with Crippen molar-refractivity contribution in [3.8, 4) is 34.4 Å². The molecule has 3 aromatic heterocycles. The van der Waals surface area contributed by atoms with Gasteiger partial charge in [0.1, 0.15) is 0 Å². The van der Waals surface area contributed by atoms with Crippen LogP contribution in [0, 0.1) is 0 Å². The predicted molar refractivity (Wildman–Crippen MR) is 249 cm³/mol. The molecule has 0 saturated heterocycles. The van der Waals surface area contributed by atoms with Gasteiger partial charge in [0.25, 0.3) is 0 Å². The van der Waals surface area contributed by atoms with E-state index in [-0.39, 0.29) is 0 Å². The van der Waals surface area contributed by atoms with E-state index in [0.717, 1.165) is 44.0 Å². The lowest BCUT2D eigenvalue weighted by Gasteiger charge is -2.16. The first kappa shape index (κ1) is 32.9. The highest BCUT2D eigenvalue weighted by molar-refractivity contribution is 6.45. The van der Waals surface area contributed by atoms with Crippen molar-refractivity contribution in [2.75, 3.05) is 0 Å². The summed E-state index contributed by atoms with van der Waals surface area (Å²) in [5, 5.41) is 14.3. The molecule has 0 atom stereocenters. The van der Waals surface area contributed by atoms with E-state index in [2.05, 4.69) is 191 Å². The van der Waals surface area contributed by atoms with Crippen molar-refractivity contribution in [3.05, 3.63) is 200 Å². The number of benzene rings is 10. The van der Waals surface area contributed by atoms with E-state index in [9.17, 15) is 0 Å². The van der Waals surface area contributed by atoms with Gasteiger partial charge >= 0.3 is 0 Å². The molecule has 0 bridgehead atoms. The van der Waals surface area contributed by atoms with Crippen molar-refractivity contribution in [3.63, 3.8) is 0 Å². The SMILES string of the molecule is c1ccc(-c2nc(-c3ccc4ccccc4c3)nc(-n3c4ccccc4c4c5c6ccccc6c6c(c7ccccc7n6-c6ccccc6)c5c5ccccc5c43)n2)cc1. The van der Waals surface area contributed by atoms with Crippen LogP contribution < -0.4 is 0 Å². The quantitative estimate of drug-likeness (QED) is 0.168. The van der Waals surface area contributed by atoms with Crippen LogP contribution in [0.25, 0.3) is 121 Å². The van der Waals surface area contributed by atoms with Gasteiger partial charge in [0.2, 0.25) is 5.95 Å².